The highest BCUT2D eigenvalue weighted by molar-refractivity contribution is 7.99. The SMILES string of the molecule is CO[C@@H]1SC[C@H]2OC(C)(C)O[C@H]2[C@@H]1O. The number of aliphatic hydroxyl groups is 1. The molecule has 0 aromatic carbocycles. The Kier molecular flexibility index (Phi) is 2.79. The zero-order valence-corrected chi connectivity index (χ0v) is 9.41. The van der Waals surface area contributed by atoms with Crippen LogP contribution in [0.5, 0.6) is 0 Å². The van der Waals surface area contributed by atoms with Crippen LogP contribution in [0.4, 0.5) is 0 Å². The normalized spacial score (nSPS) is 46.3. The van der Waals surface area contributed by atoms with E-state index in [1.807, 2.05) is 13.8 Å². The van der Waals surface area contributed by atoms with E-state index in [2.05, 4.69) is 0 Å². The number of methoxy groups -OCH3 is 1. The van der Waals surface area contributed by atoms with E-state index < -0.39 is 11.9 Å². The van der Waals surface area contributed by atoms with E-state index >= 15 is 0 Å². The van der Waals surface area contributed by atoms with Crippen LogP contribution in [0.2, 0.25) is 0 Å². The maximum Gasteiger partial charge on any atom is 0.163 e. The van der Waals surface area contributed by atoms with E-state index in [0.717, 1.165) is 5.75 Å². The third-order valence-corrected chi connectivity index (χ3v) is 3.81. The van der Waals surface area contributed by atoms with Crippen LogP contribution in [0.15, 0.2) is 0 Å². The zero-order valence-electron chi connectivity index (χ0n) is 8.60. The highest BCUT2D eigenvalue weighted by Crippen LogP contribution is 2.38. The van der Waals surface area contributed by atoms with Crippen molar-refractivity contribution in [3.8, 4) is 0 Å². The molecular weight excluding hydrogens is 204 g/mol. The average molecular weight is 220 g/mol. The number of aliphatic hydroxyl groups excluding tert-OH is 1. The molecule has 4 nitrogen and oxygen atoms in total. The third kappa shape index (κ3) is 1.79. The van der Waals surface area contributed by atoms with Gasteiger partial charge in [0.25, 0.3) is 0 Å². The fourth-order valence-electron chi connectivity index (χ4n) is 1.93. The Balaban J connectivity index is 2.08. The molecule has 2 aliphatic rings. The average Bonchev–Trinajstić information content (AvgIpc) is 2.42. The highest BCUT2D eigenvalue weighted by atomic mass is 32.2. The molecule has 2 heterocycles. The second kappa shape index (κ2) is 3.64. The zero-order chi connectivity index (χ0) is 10.3. The Bertz CT molecular complexity index is 221. The van der Waals surface area contributed by atoms with E-state index in [9.17, 15) is 5.11 Å². The fraction of sp³-hybridized carbons (Fsp3) is 1.00. The molecule has 0 radical (unpaired) electrons. The maximum absolute atomic E-state index is 9.92. The van der Waals surface area contributed by atoms with E-state index in [1.165, 1.54) is 0 Å². The summed E-state index contributed by atoms with van der Waals surface area (Å²) in [6.45, 7) is 3.73. The molecule has 0 aromatic heterocycles. The standard InChI is InChI=1S/C9H16O4S/c1-9(2)12-5-4-14-8(11-3)6(10)7(5)13-9/h5-8,10H,4H2,1-3H3/t5-,6+,7-,8-/m1/s1. The molecule has 14 heavy (non-hydrogen) atoms. The highest BCUT2D eigenvalue weighted by Gasteiger charge is 2.50. The molecule has 0 saturated carbocycles. The lowest BCUT2D eigenvalue weighted by molar-refractivity contribution is -0.158. The van der Waals surface area contributed by atoms with Gasteiger partial charge in [-0.05, 0) is 13.8 Å². The quantitative estimate of drug-likeness (QED) is 0.700. The van der Waals surface area contributed by atoms with Crippen molar-refractivity contribution in [1.29, 1.82) is 0 Å². The fourth-order valence-corrected chi connectivity index (χ4v) is 3.06. The molecule has 2 rings (SSSR count). The summed E-state index contributed by atoms with van der Waals surface area (Å²) in [5.41, 5.74) is -0.200. The molecule has 82 valence electrons. The summed E-state index contributed by atoms with van der Waals surface area (Å²) in [5.74, 6) is 0.225. The number of ether oxygens (including phenoxy) is 3. The summed E-state index contributed by atoms with van der Waals surface area (Å²) in [7, 11) is 1.60. The molecule has 2 saturated heterocycles. The van der Waals surface area contributed by atoms with Gasteiger partial charge in [0.2, 0.25) is 0 Å². The minimum atomic E-state index is -0.606. The Morgan fingerprint density at radius 2 is 2.14 bits per heavy atom. The molecule has 4 atom stereocenters. The summed E-state index contributed by atoms with van der Waals surface area (Å²) in [6.07, 6.45) is -0.877. The lowest BCUT2D eigenvalue weighted by atomic mass is 10.1. The van der Waals surface area contributed by atoms with Gasteiger partial charge >= 0.3 is 0 Å². The number of hydrogen-bond acceptors (Lipinski definition) is 5. The van der Waals surface area contributed by atoms with Crippen LogP contribution in [-0.4, -0.2) is 47.5 Å². The summed E-state index contributed by atoms with van der Waals surface area (Å²) in [5, 5.41) is 9.92. The minimum Gasteiger partial charge on any atom is -0.387 e. The van der Waals surface area contributed by atoms with Gasteiger partial charge in [0, 0.05) is 12.9 Å². The van der Waals surface area contributed by atoms with Crippen LogP contribution in [0, 0.1) is 0 Å². The van der Waals surface area contributed by atoms with Crippen molar-refractivity contribution in [2.24, 2.45) is 0 Å². The first-order valence-corrected chi connectivity index (χ1v) is 5.76. The topological polar surface area (TPSA) is 47.9 Å². The van der Waals surface area contributed by atoms with Crippen molar-refractivity contribution in [2.75, 3.05) is 12.9 Å². The predicted octanol–water partition coefficient (Wildman–Crippen LogP) is 0.587. The molecule has 0 bridgehead atoms. The first-order chi connectivity index (χ1) is 6.53. The number of hydrogen-bond donors (Lipinski definition) is 1. The first kappa shape index (κ1) is 10.7. The van der Waals surface area contributed by atoms with Gasteiger partial charge in [-0.25, -0.2) is 0 Å². The molecule has 1 N–H and O–H groups in total. The van der Waals surface area contributed by atoms with Crippen LogP contribution in [0.3, 0.4) is 0 Å². The van der Waals surface area contributed by atoms with Gasteiger partial charge in [-0.15, -0.1) is 11.8 Å². The van der Waals surface area contributed by atoms with Crippen LogP contribution in [0.1, 0.15) is 13.8 Å². The van der Waals surface area contributed by atoms with Crippen molar-refractivity contribution in [3.63, 3.8) is 0 Å². The van der Waals surface area contributed by atoms with Gasteiger partial charge in [0.15, 0.2) is 5.79 Å². The van der Waals surface area contributed by atoms with Crippen LogP contribution in [-0.2, 0) is 14.2 Å². The Morgan fingerprint density at radius 1 is 1.43 bits per heavy atom. The van der Waals surface area contributed by atoms with Gasteiger partial charge in [-0.3, -0.25) is 0 Å². The van der Waals surface area contributed by atoms with Crippen LogP contribution in [0.25, 0.3) is 0 Å². The monoisotopic (exact) mass is 220 g/mol. The van der Waals surface area contributed by atoms with Crippen molar-refractivity contribution < 1.29 is 19.3 Å². The van der Waals surface area contributed by atoms with Crippen LogP contribution < -0.4 is 0 Å². The Hall–Kier alpha value is 0.190. The van der Waals surface area contributed by atoms with Crippen molar-refractivity contribution in [2.45, 2.75) is 43.4 Å². The second-order valence-corrected chi connectivity index (χ2v) is 5.20. The van der Waals surface area contributed by atoms with E-state index in [4.69, 9.17) is 14.2 Å². The molecule has 0 aliphatic carbocycles. The summed E-state index contributed by atoms with van der Waals surface area (Å²) in [4.78, 5) is 0. The van der Waals surface area contributed by atoms with Crippen molar-refractivity contribution >= 4 is 11.8 Å². The Labute approximate surface area is 87.9 Å². The smallest absolute Gasteiger partial charge is 0.163 e. The molecule has 0 spiro atoms. The number of rotatable bonds is 1. The van der Waals surface area contributed by atoms with Crippen molar-refractivity contribution in [3.05, 3.63) is 0 Å². The second-order valence-electron chi connectivity index (χ2n) is 4.07. The Morgan fingerprint density at radius 3 is 2.79 bits per heavy atom. The van der Waals surface area contributed by atoms with Gasteiger partial charge in [0.1, 0.15) is 17.6 Å². The van der Waals surface area contributed by atoms with Gasteiger partial charge in [0.05, 0.1) is 6.10 Å². The minimum absolute atomic E-state index is 0.0172. The molecule has 2 aliphatic heterocycles. The van der Waals surface area contributed by atoms with E-state index in [1.54, 1.807) is 18.9 Å². The molecule has 0 amide bonds. The van der Waals surface area contributed by atoms with Gasteiger partial charge < -0.3 is 19.3 Å². The molecule has 0 unspecified atom stereocenters. The first-order valence-electron chi connectivity index (χ1n) is 4.71. The van der Waals surface area contributed by atoms with Gasteiger partial charge in [-0.1, -0.05) is 0 Å². The van der Waals surface area contributed by atoms with Gasteiger partial charge in [-0.2, -0.15) is 0 Å². The largest absolute Gasteiger partial charge is 0.387 e. The summed E-state index contributed by atoms with van der Waals surface area (Å²) < 4.78 is 16.4. The third-order valence-electron chi connectivity index (χ3n) is 2.49. The maximum atomic E-state index is 9.92. The predicted molar refractivity (Wildman–Crippen MR) is 53.1 cm³/mol. The van der Waals surface area contributed by atoms with Crippen molar-refractivity contribution in [1.82, 2.24) is 0 Å². The number of thioether (sulfide) groups is 1. The molecule has 2 fully saturated rings. The lowest BCUT2D eigenvalue weighted by Gasteiger charge is -2.33. The summed E-state index contributed by atoms with van der Waals surface area (Å²) in [6, 6.07) is 0. The van der Waals surface area contributed by atoms with Crippen LogP contribution >= 0.6 is 11.8 Å². The van der Waals surface area contributed by atoms with E-state index in [0.29, 0.717) is 0 Å². The molecule has 5 heteroatoms. The molecule has 0 aromatic rings. The molecular formula is C9H16O4S. The number of fused-ring (bicyclic) bond motifs is 1. The lowest BCUT2D eigenvalue weighted by Crippen LogP contribution is -2.48. The van der Waals surface area contributed by atoms with E-state index in [-0.39, 0.29) is 17.6 Å². The summed E-state index contributed by atoms with van der Waals surface area (Å²) >= 11 is 1.57.